The van der Waals surface area contributed by atoms with E-state index >= 15 is 0 Å². The van der Waals surface area contributed by atoms with E-state index in [2.05, 4.69) is 196 Å². The third-order valence-electron chi connectivity index (χ3n) is 18.8. The highest BCUT2D eigenvalue weighted by molar-refractivity contribution is 5.84. The summed E-state index contributed by atoms with van der Waals surface area (Å²) >= 11 is 0. The van der Waals surface area contributed by atoms with Crippen molar-refractivity contribution in [2.45, 2.75) is 235 Å². The molecule has 89 heavy (non-hydrogen) atoms. The Bertz CT molecular complexity index is 3720. The SMILES string of the molecule is CCCCCc1cc(O)c2c(c1)OC(C)(C)[C@H]1CCC(C)=C[C@@H]21.CCCCCc1cc(O)c2c(c1)OC(C)(C)c1ccc(C)cc1-2.CCCCc1cc(O)c2c(c1)OC(C)(C)c1ccc(C)cc1-2.CCCc1cc(O)c2c(c1)OC(C)(C)c1ccc(C)cc1-2. The van der Waals surface area contributed by atoms with Gasteiger partial charge in [-0.25, -0.2) is 0 Å². The Hall–Kier alpha value is -7.32. The lowest BCUT2D eigenvalue weighted by Gasteiger charge is -2.46. The van der Waals surface area contributed by atoms with E-state index in [4.69, 9.17) is 18.9 Å². The Balaban J connectivity index is 0.000000141. The fraction of sp³-hybridized carbons (Fsp3) is 0.457. The maximum atomic E-state index is 10.7. The molecule has 12 rings (SSSR count). The first kappa shape index (κ1) is 66.1. The number of aromatic hydroxyl groups is 4. The Morgan fingerprint density at radius 1 is 0.393 bits per heavy atom. The van der Waals surface area contributed by atoms with Gasteiger partial charge >= 0.3 is 0 Å². The molecular weight excluding hydrogens is 1100 g/mol. The highest BCUT2D eigenvalue weighted by atomic mass is 16.5. The smallest absolute Gasteiger partial charge is 0.132 e. The second-order valence-corrected chi connectivity index (χ2v) is 28.1. The number of hydrogen-bond donors (Lipinski definition) is 4. The normalized spacial score (nSPS) is 17.6. The molecule has 7 aromatic rings. The van der Waals surface area contributed by atoms with Gasteiger partial charge in [-0.2, -0.15) is 0 Å². The van der Waals surface area contributed by atoms with E-state index < -0.39 is 0 Å². The maximum absolute atomic E-state index is 10.7. The molecule has 0 saturated carbocycles. The fourth-order valence-electron chi connectivity index (χ4n) is 14.2. The summed E-state index contributed by atoms with van der Waals surface area (Å²) in [4.78, 5) is 0. The summed E-state index contributed by atoms with van der Waals surface area (Å²) in [5.41, 5.74) is 18.4. The maximum Gasteiger partial charge on any atom is 0.132 e. The molecule has 1 aliphatic carbocycles. The van der Waals surface area contributed by atoms with E-state index in [1.165, 1.54) is 59.9 Å². The van der Waals surface area contributed by atoms with Crippen LogP contribution in [0.25, 0.3) is 33.4 Å². The lowest BCUT2D eigenvalue weighted by molar-refractivity contribution is 0.0107. The summed E-state index contributed by atoms with van der Waals surface area (Å²) in [5.74, 6) is 5.41. The van der Waals surface area contributed by atoms with Gasteiger partial charge in [-0.3, -0.25) is 0 Å². The minimum atomic E-state index is -0.384. The van der Waals surface area contributed by atoms with Gasteiger partial charge < -0.3 is 39.4 Å². The highest BCUT2D eigenvalue weighted by Crippen LogP contribution is 2.55. The van der Waals surface area contributed by atoms with Crippen LogP contribution in [-0.2, 0) is 42.5 Å². The van der Waals surface area contributed by atoms with Crippen molar-refractivity contribution in [3.05, 3.63) is 176 Å². The molecule has 4 aliphatic heterocycles. The number of hydrogen-bond acceptors (Lipinski definition) is 8. The molecule has 7 aromatic carbocycles. The van der Waals surface area contributed by atoms with Crippen molar-refractivity contribution in [3.8, 4) is 79.4 Å². The molecule has 0 amide bonds. The fourth-order valence-corrected chi connectivity index (χ4v) is 14.2. The molecule has 0 unspecified atom stereocenters. The molecule has 0 radical (unpaired) electrons. The van der Waals surface area contributed by atoms with Crippen molar-refractivity contribution in [2.24, 2.45) is 5.92 Å². The minimum absolute atomic E-state index is 0.177. The number of rotatable bonds is 13. The molecule has 8 nitrogen and oxygen atoms in total. The summed E-state index contributed by atoms with van der Waals surface area (Å²) in [6.07, 6.45) is 19.1. The molecule has 0 saturated heterocycles. The predicted molar refractivity (Wildman–Crippen MR) is 367 cm³/mol. The zero-order chi connectivity index (χ0) is 64.3. The zero-order valence-electron chi connectivity index (χ0n) is 56.6. The van der Waals surface area contributed by atoms with Gasteiger partial charge in [-0.1, -0.05) is 149 Å². The summed E-state index contributed by atoms with van der Waals surface area (Å²) in [6, 6.07) is 35.1. The first-order valence-corrected chi connectivity index (χ1v) is 33.4. The topological polar surface area (TPSA) is 118 Å². The molecule has 0 aromatic heterocycles. The van der Waals surface area contributed by atoms with Crippen molar-refractivity contribution in [1.29, 1.82) is 0 Å². The summed E-state index contributed by atoms with van der Waals surface area (Å²) < 4.78 is 25.0. The van der Waals surface area contributed by atoms with Gasteiger partial charge in [-0.05, 0) is 228 Å². The quantitative estimate of drug-likeness (QED) is 0.0666. The summed E-state index contributed by atoms with van der Waals surface area (Å²) in [7, 11) is 0. The van der Waals surface area contributed by atoms with Crippen LogP contribution in [0.1, 0.15) is 228 Å². The summed E-state index contributed by atoms with van der Waals surface area (Å²) in [6.45, 7) is 34.1. The monoisotopic (exact) mass is 1200 g/mol. The Morgan fingerprint density at radius 2 is 0.753 bits per heavy atom. The van der Waals surface area contributed by atoms with E-state index in [1.54, 1.807) is 0 Å². The van der Waals surface area contributed by atoms with Crippen molar-refractivity contribution >= 4 is 0 Å². The molecule has 0 bridgehead atoms. The molecule has 8 heteroatoms. The van der Waals surface area contributed by atoms with Crippen LogP contribution < -0.4 is 18.9 Å². The van der Waals surface area contributed by atoms with Crippen molar-refractivity contribution in [1.82, 2.24) is 0 Å². The second kappa shape index (κ2) is 27.0. The summed E-state index contributed by atoms with van der Waals surface area (Å²) in [5, 5.41) is 42.4. The van der Waals surface area contributed by atoms with Crippen LogP contribution in [0.3, 0.4) is 0 Å². The Kier molecular flexibility index (Phi) is 20.1. The number of allylic oxidation sites excluding steroid dienone is 2. The highest BCUT2D eigenvalue weighted by Gasteiger charge is 2.45. The van der Waals surface area contributed by atoms with Crippen LogP contribution in [0.5, 0.6) is 46.0 Å². The average molecular weight is 1200 g/mol. The number of benzene rings is 7. The van der Waals surface area contributed by atoms with Gasteiger partial charge in [-0.15, -0.1) is 0 Å². The molecule has 5 aliphatic rings. The van der Waals surface area contributed by atoms with E-state index in [-0.39, 0.29) is 28.3 Å². The molecule has 474 valence electrons. The van der Waals surface area contributed by atoms with Gasteiger partial charge in [0, 0.05) is 34.1 Å². The number of unbranched alkanes of at least 4 members (excludes halogenated alkanes) is 5. The van der Waals surface area contributed by atoms with Gasteiger partial charge in [0.15, 0.2) is 0 Å². The average Bonchev–Trinajstić information content (AvgIpc) is 0.797. The van der Waals surface area contributed by atoms with Crippen molar-refractivity contribution in [2.75, 3.05) is 0 Å². The first-order valence-electron chi connectivity index (χ1n) is 33.4. The lowest BCUT2D eigenvalue weighted by Crippen LogP contribution is -2.45. The lowest BCUT2D eigenvalue weighted by atomic mass is 9.68. The second-order valence-electron chi connectivity index (χ2n) is 28.1. The largest absolute Gasteiger partial charge is 0.507 e. The van der Waals surface area contributed by atoms with Crippen molar-refractivity contribution < 1.29 is 39.4 Å². The van der Waals surface area contributed by atoms with Gasteiger partial charge in [0.2, 0.25) is 0 Å². The van der Waals surface area contributed by atoms with Crippen LogP contribution in [0, 0.1) is 26.7 Å². The van der Waals surface area contributed by atoms with Crippen LogP contribution in [0.15, 0.2) is 115 Å². The Labute approximate surface area is 533 Å². The van der Waals surface area contributed by atoms with E-state index in [1.807, 2.05) is 24.3 Å². The van der Waals surface area contributed by atoms with Gasteiger partial charge in [0.05, 0.1) is 16.7 Å². The third kappa shape index (κ3) is 14.5. The van der Waals surface area contributed by atoms with Crippen LogP contribution in [0.4, 0.5) is 0 Å². The van der Waals surface area contributed by atoms with Crippen LogP contribution in [0.2, 0.25) is 0 Å². The van der Waals surface area contributed by atoms with Crippen LogP contribution in [-0.4, -0.2) is 26.0 Å². The predicted octanol–water partition coefficient (Wildman–Crippen LogP) is 21.7. The molecule has 0 fully saturated rings. The number of ether oxygens (including phenoxy) is 4. The first-order chi connectivity index (χ1) is 42.2. The Morgan fingerprint density at radius 3 is 1.13 bits per heavy atom. The zero-order valence-corrected chi connectivity index (χ0v) is 56.6. The van der Waals surface area contributed by atoms with Gasteiger partial charge in [0.1, 0.15) is 68.4 Å². The van der Waals surface area contributed by atoms with Crippen LogP contribution >= 0.6 is 0 Å². The van der Waals surface area contributed by atoms with E-state index in [9.17, 15) is 20.4 Å². The molecule has 4 N–H and O–H groups in total. The molecule has 4 heterocycles. The van der Waals surface area contributed by atoms with Gasteiger partial charge in [0.25, 0.3) is 0 Å². The van der Waals surface area contributed by atoms with Crippen molar-refractivity contribution in [3.63, 3.8) is 0 Å². The third-order valence-corrected chi connectivity index (χ3v) is 18.8. The molecular formula is C81H102O8. The van der Waals surface area contributed by atoms with E-state index in [0.717, 1.165) is 160 Å². The number of phenols is 4. The van der Waals surface area contributed by atoms with E-state index in [0.29, 0.717) is 28.9 Å². The number of fused-ring (bicyclic) bond motifs is 12. The standard InChI is InChI=1S/C21H30O2.C21H26O2.C20H24O2.C19H22O2/c2*1-5-6-7-8-15-12-18(22)20-16-11-14(2)9-10-17(16)21(3,4)23-19(20)13-15;1-5-6-7-14-11-17(21)19-15-10-13(2)8-9-16(15)20(3,4)22-18(19)12-14;1-5-6-13-10-16(20)18-14-9-12(2)7-8-15(14)19(3,4)21-17(18)11-13/h11-13,16-17,22H,5-10H2,1-4H3;9-13,22H,5-8H2,1-4H3;8-12,21H,5-7H2,1-4H3;7-11,20H,5-6H2,1-4H3/t16-,17+;;;/m1.../s1. The minimum Gasteiger partial charge on any atom is -0.507 e. The molecule has 2 atom stereocenters. The molecule has 0 spiro atoms. The number of phenolic OH excluding ortho intramolecular Hbond substituents is 4. The number of aryl methyl sites for hydroxylation is 7.